The molecule has 1 aromatic carbocycles. The number of rotatable bonds is 3. The number of hydrogen-bond acceptors (Lipinski definition) is 4. The molecule has 2 rings (SSSR count). The molecule has 4 heteroatoms. The van der Waals surface area contributed by atoms with Crippen LogP contribution in [0, 0.1) is 0 Å². The molecule has 1 aromatic rings. The zero-order valence-corrected chi connectivity index (χ0v) is 11.9. The van der Waals surface area contributed by atoms with Crippen LogP contribution in [0.1, 0.15) is 29.8 Å². The van der Waals surface area contributed by atoms with Crippen LogP contribution < -0.4 is 5.32 Å². The zero-order chi connectivity index (χ0) is 13.9. The summed E-state index contributed by atoms with van der Waals surface area (Å²) in [6.07, 6.45) is 0. The molecule has 0 radical (unpaired) electrons. The largest absolute Gasteiger partial charge is 0.465 e. The van der Waals surface area contributed by atoms with E-state index in [1.165, 1.54) is 12.7 Å². The van der Waals surface area contributed by atoms with Crippen molar-refractivity contribution in [3.05, 3.63) is 35.4 Å². The van der Waals surface area contributed by atoms with E-state index in [2.05, 4.69) is 24.1 Å². The minimum absolute atomic E-state index is 0.0171. The van der Waals surface area contributed by atoms with Gasteiger partial charge in [0, 0.05) is 31.7 Å². The van der Waals surface area contributed by atoms with Gasteiger partial charge in [0.15, 0.2) is 0 Å². The van der Waals surface area contributed by atoms with Gasteiger partial charge in [0.05, 0.1) is 12.7 Å². The summed E-state index contributed by atoms with van der Waals surface area (Å²) in [5, 5.41) is 3.37. The Morgan fingerprint density at radius 2 is 1.79 bits per heavy atom. The number of esters is 1. The summed E-state index contributed by atoms with van der Waals surface area (Å²) < 4.78 is 4.72. The molecule has 1 heterocycles. The normalized spacial score (nSPS) is 17.2. The fraction of sp³-hybridized carbons (Fsp3) is 0.533. The van der Waals surface area contributed by atoms with Gasteiger partial charge in [0.1, 0.15) is 0 Å². The summed E-state index contributed by atoms with van der Waals surface area (Å²) in [4.78, 5) is 13.9. The Hall–Kier alpha value is -1.39. The Bertz CT molecular complexity index is 434. The highest BCUT2D eigenvalue weighted by molar-refractivity contribution is 5.89. The van der Waals surface area contributed by atoms with Crippen LogP contribution in [0.2, 0.25) is 0 Å². The van der Waals surface area contributed by atoms with Crippen LogP contribution in [-0.4, -0.2) is 44.2 Å². The van der Waals surface area contributed by atoms with Gasteiger partial charge in [-0.15, -0.1) is 0 Å². The van der Waals surface area contributed by atoms with Crippen LogP contribution in [0.3, 0.4) is 0 Å². The molecule has 0 aromatic heterocycles. The second-order valence-electron chi connectivity index (χ2n) is 5.36. The van der Waals surface area contributed by atoms with E-state index < -0.39 is 0 Å². The van der Waals surface area contributed by atoms with Crippen molar-refractivity contribution in [2.24, 2.45) is 0 Å². The Morgan fingerprint density at radius 1 is 1.21 bits per heavy atom. The van der Waals surface area contributed by atoms with Crippen molar-refractivity contribution in [2.45, 2.75) is 19.4 Å². The number of ether oxygens (including phenoxy) is 1. The van der Waals surface area contributed by atoms with Crippen molar-refractivity contribution < 1.29 is 9.53 Å². The van der Waals surface area contributed by atoms with Crippen LogP contribution >= 0.6 is 0 Å². The summed E-state index contributed by atoms with van der Waals surface area (Å²) in [6.45, 7) is 8.61. The number of methoxy groups -OCH3 is 1. The molecule has 0 spiro atoms. The molecule has 0 unspecified atom stereocenters. The fourth-order valence-electron chi connectivity index (χ4n) is 2.54. The molecule has 1 aliphatic rings. The Balaban J connectivity index is 2.17. The second-order valence-corrected chi connectivity index (χ2v) is 5.36. The monoisotopic (exact) mass is 262 g/mol. The molecular weight excluding hydrogens is 240 g/mol. The molecule has 104 valence electrons. The maximum Gasteiger partial charge on any atom is 0.337 e. The minimum Gasteiger partial charge on any atom is -0.465 e. The summed E-state index contributed by atoms with van der Waals surface area (Å²) in [7, 11) is 1.40. The lowest BCUT2D eigenvalue weighted by Gasteiger charge is -2.41. The maximum atomic E-state index is 11.4. The molecule has 1 saturated heterocycles. The van der Waals surface area contributed by atoms with Crippen LogP contribution in [0.15, 0.2) is 24.3 Å². The molecule has 1 aliphatic heterocycles. The summed E-state index contributed by atoms with van der Waals surface area (Å²) in [5.41, 5.74) is 1.81. The van der Waals surface area contributed by atoms with E-state index in [9.17, 15) is 4.79 Å². The zero-order valence-electron chi connectivity index (χ0n) is 11.9. The lowest BCUT2D eigenvalue weighted by Crippen LogP contribution is -2.51. The van der Waals surface area contributed by atoms with E-state index in [4.69, 9.17) is 4.74 Å². The van der Waals surface area contributed by atoms with Crippen LogP contribution in [0.5, 0.6) is 0 Å². The van der Waals surface area contributed by atoms with Gasteiger partial charge in [-0.1, -0.05) is 12.1 Å². The lowest BCUT2D eigenvalue weighted by molar-refractivity contribution is 0.0600. The number of benzene rings is 1. The summed E-state index contributed by atoms with van der Waals surface area (Å²) >= 11 is 0. The van der Waals surface area contributed by atoms with Gasteiger partial charge in [-0.25, -0.2) is 4.79 Å². The van der Waals surface area contributed by atoms with Gasteiger partial charge in [0.2, 0.25) is 0 Å². The van der Waals surface area contributed by atoms with E-state index in [-0.39, 0.29) is 11.5 Å². The van der Waals surface area contributed by atoms with Gasteiger partial charge in [-0.05, 0) is 31.5 Å². The van der Waals surface area contributed by atoms with Crippen LogP contribution in [-0.2, 0) is 10.3 Å². The number of piperazine rings is 1. The highest BCUT2D eigenvalue weighted by atomic mass is 16.5. The van der Waals surface area contributed by atoms with Crippen molar-refractivity contribution in [2.75, 3.05) is 33.3 Å². The minimum atomic E-state index is -0.286. The number of carbonyl (C=O) groups is 1. The van der Waals surface area contributed by atoms with Crippen LogP contribution in [0.4, 0.5) is 0 Å². The van der Waals surface area contributed by atoms with Gasteiger partial charge in [-0.2, -0.15) is 0 Å². The Morgan fingerprint density at radius 3 is 2.32 bits per heavy atom. The highest BCUT2D eigenvalue weighted by Crippen LogP contribution is 2.28. The van der Waals surface area contributed by atoms with E-state index in [1.54, 1.807) is 0 Å². The first kappa shape index (κ1) is 14.0. The number of nitrogens with zero attached hydrogens (tertiary/aromatic N) is 1. The van der Waals surface area contributed by atoms with E-state index >= 15 is 0 Å². The molecule has 0 bridgehead atoms. The van der Waals surface area contributed by atoms with Crippen LogP contribution in [0.25, 0.3) is 0 Å². The standard InChI is InChI=1S/C15H22N2O2/c1-15(2,17-10-8-16-9-11-17)13-6-4-12(5-7-13)14(18)19-3/h4-7,16H,8-11H2,1-3H3. The van der Waals surface area contributed by atoms with Gasteiger partial charge in [-0.3, -0.25) is 4.90 Å². The molecule has 4 nitrogen and oxygen atoms in total. The molecule has 0 amide bonds. The van der Waals surface area contributed by atoms with Gasteiger partial charge < -0.3 is 10.1 Å². The fourth-order valence-corrected chi connectivity index (χ4v) is 2.54. The smallest absolute Gasteiger partial charge is 0.337 e. The Kier molecular flexibility index (Phi) is 4.22. The molecular formula is C15H22N2O2. The average molecular weight is 262 g/mol. The third-order valence-corrected chi connectivity index (χ3v) is 3.92. The van der Waals surface area contributed by atoms with Gasteiger partial charge in [0.25, 0.3) is 0 Å². The lowest BCUT2D eigenvalue weighted by atomic mass is 9.91. The maximum absolute atomic E-state index is 11.4. The van der Waals surface area contributed by atoms with Crippen molar-refractivity contribution in [1.29, 1.82) is 0 Å². The van der Waals surface area contributed by atoms with Crippen molar-refractivity contribution in [3.8, 4) is 0 Å². The molecule has 19 heavy (non-hydrogen) atoms. The van der Waals surface area contributed by atoms with Gasteiger partial charge >= 0.3 is 5.97 Å². The predicted molar refractivity (Wildman–Crippen MR) is 75.3 cm³/mol. The van der Waals surface area contributed by atoms with E-state index in [0.29, 0.717) is 5.56 Å². The molecule has 1 N–H and O–H groups in total. The molecule has 0 atom stereocenters. The summed E-state index contributed by atoms with van der Waals surface area (Å²) in [5.74, 6) is -0.286. The first-order valence-corrected chi connectivity index (χ1v) is 6.70. The quantitative estimate of drug-likeness (QED) is 0.840. The Labute approximate surface area is 114 Å². The third kappa shape index (κ3) is 2.96. The topological polar surface area (TPSA) is 41.6 Å². The van der Waals surface area contributed by atoms with E-state index in [0.717, 1.165) is 26.2 Å². The molecule has 0 saturated carbocycles. The first-order valence-electron chi connectivity index (χ1n) is 6.70. The average Bonchev–Trinajstić information content (AvgIpc) is 2.47. The second kappa shape index (κ2) is 5.72. The van der Waals surface area contributed by atoms with Crippen molar-refractivity contribution >= 4 is 5.97 Å². The number of hydrogen-bond donors (Lipinski definition) is 1. The SMILES string of the molecule is COC(=O)c1ccc(C(C)(C)N2CCNCC2)cc1. The number of carbonyl (C=O) groups excluding carboxylic acids is 1. The number of nitrogens with one attached hydrogen (secondary N) is 1. The van der Waals surface area contributed by atoms with Crippen molar-refractivity contribution in [1.82, 2.24) is 10.2 Å². The first-order chi connectivity index (χ1) is 9.05. The highest BCUT2D eigenvalue weighted by Gasteiger charge is 2.29. The van der Waals surface area contributed by atoms with E-state index in [1.807, 2.05) is 24.3 Å². The third-order valence-electron chi connectivity index (χ3n) is 3.92. The molecule has 1 fully saturated rings. The predicted octanol–water partition coefficient (Wildman–Crippen LogP) is 1.61. The molecule has 0 aliphatic carbocycles. The van der Waals surface area contributed by atoms with Crippen molar-refractivity contribution in [3.63, 3.8) is 0 Å². The summed E-state index contributed by atoms with van der Waals surface area (Å²) in [6, 6.07) is 7.72.